The number of carboxylic acid groups (broad SMARTS) is 1. The highest BCUT2D eigenvalue weighted by atomic mass is 35.5. The van der Waals surface area contributed by atoms with E-state index in [1.807, 2.05) is 18.2 Å². The van der Waals surface area contributed by atoms with Gasteiger partial charge in [-0.2, -0.15) is 0 Å². The van der Waals surface area contributed by atoms with E-state index in [-0.39, 0.29) is 61.7 Å². The molecular weight excluding hydrogens is 624 g/mol. The number of carbonyl (C=O) groups is 3. The zero-order chi connectivity index (χ0) is 30.7. The fourth-order valence-corrected chi connectivity index (χ4v) is 6.44. The number of rotatable bonds is 9. The summed E-state index contributed by atoms with van der Waals surface area (Å²) < 4.78 is 19.1. The predicted molar refractivity (Wildman–Crippen MR) is 175 cm³/mol. The summed E-state index contributed by atoms with van der Waals surface area (Å²) in [6, 6.07) is 12.7. The van der Waals surface area contributed by atoms with Crippen LogP contribution < -0.4 is 15.5 Å². The van der Waals surface area contributed by atoms with E-state index in [4.69, 9.17) is 9.84 Å². The zero-order valence-corrected chi connectivity index (χ0v) is 27.6. The molecule has 45 heavy (non-hydrogen) atoms. The summed E-state index contributed by atoms with van der Waals surface area (Å²) >= 11 is 0. The summed E-state index contributed by atoms with van der Waals surface area (Å²) in [6.07, 6.45) is 0.534. The molecule has 3 aliphatic heterocycles. The first-order valence-corrected chi connectivity index (χ1v) is 15.0. The Bertz CT molecular complexity index is 1350. The van der Waals surface area contributed by atoms with Gasteiger partial charge in [0.1, 0.15) is 12.4 Å². The highest BCUT2D eigenvalue weighted by molar-refractivity contribution is 6.03. The number of morpholine rings is 1. The number of carbonyl (C=O) groups excluding carboxylic acids is 2. The molecule has 0 bridgehead atoms. The van der Waals surface area contributed by atoms with E-state index in [1.165, 1.54) is 12.1 Å². The van der Waals surface area contributed by atoms with Gasteiger partial charge in [0.2, 0.25) is 11.8 Å². The smallest absolute Gasteiger partial charge is 0.322 e. The van der Waals surface area contributed by atoms with Crippen molar-refractivity contribution in [1.82, 2.24) is 20.4 Å². The maximum absolute atomic E-state index is 14.1. The second kappa shape index (κ2) is 15.7. The molecule has 2 aromatic carbocycles. The van der Waals surface area contributed by atoms with Gasteiger partial charge in [-0.3, -0.25) is 24.2 Å². The van der Waals surface area contributed by atoms with Gasteiger partial charge in [-0.1, -0.05) is 24.3 Å². The van der Waals surface area contributed by atoms with Crippen molar-refractivity contribution >= 4 is 48.3 Å². The molecule has 248 valence electrons. The molecule has 2 saturated heterocycles. The lowest BCUT2D eigenvalue weighted by Gasteiger charge is -2.43. The molecule has 13 heteroatoms. The van der Waals surface area contributed by atoms with Crippen molar-refractivity contribution < 1.29 is 28.6 Å². The van der Waals surface area contributed by atoms with Crippen LogP contribution in [-0.4, -0.2) is 110 Å². The molecule has 2 aromatic rings. The topological polar surface area (TPSA) is 114 Å². The number of benzene rings is 2. The van der Waals surface area contributed by atoms with Crippen LogP contribution in [0.3, 0.4) is 0 Å². The van der Waals surface area contributed by atoms with E-state index in [9.17, 15) is 18.8 Å². The van der Waals surface area contributed by atoms with Gasteiger partial charge < -0.3 is 25.4 Å². The van der Waals surface area contributed by atoms with Crippen LogP contribution in [0.25, 0.3) is 0 Å². The minimum atomic E-state index is -1.13. The highest BCUT2D eigenvalue weighted by Crippen LogP contribution is 2.42. The molecule has 0 radical (unpaired) electrons. The SMILES string of the molecule is CC1COCCN1C[C@H]1CN[C@H](C)CN1CC(=O)N1CC(C)(C(=O)NCC(=O)O)c2ccc(Cc3ccc(F)cc3)cc21.Cl.Cl. The van der Waals surface area contributed by atoms with E-state index < -0.39 is 23.8 Å². The number of anilines is 1. The van der Waals surface area contributed by atoms with Gasteiger partial charge in [0.15, 0.2) is 0 Å². The van der Waals surface area contributed by atoms with Gasteiger partial charge in [0.25, 0.3) is 0 Å². The Kier molecular flexibility index (Phi) is 12.8. The van der Waals surface area contributed by atoms with Crippen LogP contribution >= 0.6 is 24.8 Å². The van der Waals surface area contributed by atoms with Crippen LogP contribution in [0.5, 0.6) is 0 Å². The van der Waals surface area contributed by atoms with Crippen molar-refractivity contribution in [2.45, 2.75) is 50.7 Å². The van der Waals surface area contributed by atoms with Gasteiger partial charge >= 0.3 is 5.97 Å². The molecule has 0 saturated carbocycles. The van der Waals surface area contributed by atoms with E-state index in [0.29, 0.717) is 36.9 Å². The van der Waals surface area contributed by atoms with E-state index >= 15 is 0 Å². The molecule has 3 heterocycles. The molecule has 0 spiro atoms. The summed E-state index contributed by atoms with van der Waals surface area (Å²) in [5, 5.41) is 15.2. The van der Waals surface area contributed by atoms with Crippen LogP contribution in [0.4, 0.5) is 10.1 Å². The third-order valence-corrected chi connectivity index (χ3v) is 8.96. The first-order valence-electron chi connectivity index (χ1n) is 15.0. The van der Waals surface area contributed by atoms with Crippen molar-refractivity contribution in [3.8, 4) is 0 Å². The standard InChI is InChI=1S/C32H42FN5O5.2ClH/c1-21-16-37(26(14-34-21)17-36-10-11-43-19-22(36)2)18-29(39)38-20-32(3,31(42)35-15-30(40)41)27-9-6-24(13-28(27)38)12-23-4-7-25(33)8-5-23;;/h4-9,13,21-22,26,34H,10-12,14-20H2,1-3H3,(H,35,42)(H,40,41);2*1H/t21-,22?,26-,32?;;/m1../s1. The number of halogens is 3. The lowest BCUT2D eigenvalue weighted by Crippen LogP contribution is -2.62. The molecular formula is C32H44Cl2FN5O5. The number of carboxylic acids is 1. The summed E-state index contributed by atoms with van der Waals surface area (Å²) in [4.78, 5) is 45.0. The molecule has 2 unspecified atom stereocenters. The molecule has 3 aliphatic rings. The number of nitrogens with zero attached hydrogens (tertiary/aromatic N) is 3. The summed E-state index contributed by atoms with van der Waals surface area (Å²) in [5.74, 6) is -1.98. The molecule has 3 N–H and O–H groups in total. The normalized spacial score (nSPS) is 25.1. The minimum Gasteiger partial charge on any atom is -0.480 e. The average Bonchev–Trinajstić information content (AvgIpc) is 3.28. The number of hydrogen-bond donors (Lipinski definition) is 3. The van der Waals surface area contributed by atoms with Gasteiger partial charge in [-0.25, -0.2) is 4.39 Å². The average molecular weight is 669 g/mol. The van der Waals surface area contributed by atoms with Crippen molar-refractivity contribution in [1.29, 1.82) is 0 Å². The zero-order valence-electron chi connectivity index (χ0n) is 26.0. The van der Waals surface area contributed by atoms with Crippen molar-refractivity contribution in [2.24, 2.45) is 0 Å². The Morgan fingerprint density at radius 3 is 2.49 bits per heavy atom. The maximum atomic E-state index is 14.1. The molecule has 2 amide bonds. The number of aliphatic carboxylic acids is 1. The number of fused-ring (bicyclic) bond motifs is 1. The van der Waals surface area contributed by atoms with E-state index in [0.717, 1.165) is 37.3 Å². The Morgan fingerprint density at radius 2 is 1.80 bits per heavy atom. The molecule has 2 fully saturated rings. The Hall–Kier alpha value is -2.80. The Labute approximate surface area is 276 Å². The Morgan fingerprint density at radius 1 is 1.09 bits per heavy atom. The number of piperazine rings is 1. The molecule has 0 aliphatic carbocycles. The van der Waals surface area contributed by atoms with E-state index in [2.05, 4.69) is 34.3 Å². The summed E-state index contributed by atoms with van der Waals surface area (Å²) in [6.45, 7) is 10.4. The van der Waals surface area contributed by atoms with Crippen LogP contribution in [0.15, 0.2) is 42.5 Å². The third kappa shape index (κ3) is 8.52. The quantitative estimate of drug-likeness (QED) is 0.374. The van der Waals surface area contributed by atoms with Gasteiger partial charge in [-0.05, 0) is 62.1 Å². The van der Waals surface area contributed by atoms with Crippen LogP contribution in [0.2, 0.25) is 0 Å². The van der Waals surface area contributed by atoms with Gasteiger partial charge in [-0.15, -0.1) is 24.8 Å². The largest absolute Gasteiger partial charge is 0.480 e. The number of nitrogens with one attached hydrogen (secondary N) is 2. The van der Waals surface area contributed by atoms with Crippen LogP contribution in [0.1, 0.15) is 37.5 Å². The number of ether oxygens (including phenoxy) is 1. The summed E-state index contributed by atoms with van der Waals surface area (Å²) in [7, 11) is 0. The van der Waals surface area contributed by atoms with Crippen LogP contribution in [-0.2, 0) is 31.0 Å². The minimum absolute atomic E-state index is 0. The fraction of sp³-hybridized carbons (Fsp3) is 0.531. The molecule has 4 atom stereocenters. The van der Waals surface area contributed by atoms with Crippen molar-refractivity contribution in [2.75, 3.05) is 63.9 Å². The fourth-order valence-electron chi connectivity index (χ4n) is 6.44. The van der Waals surface area contributed by atoms with E-state index in [1.54, 1.807) is 24.0 Å². The van der Waals surface area contributed by atoms with Gasteiger partial charge in [0.05, 0.1) is 25.2 Å². The van der Waals surface area contributed by atoms with Crippen LogP contribution in [0, 0.1) is 5.82 Å². The maximum Gasteiger partial charge on any atom is 0.322 e. The summed E-state index contributed by atoms with van der Waals surface area (Å²) in [5.41, 5.74) is 2.06. The first kappa shape index (κ1) is 36.7. The molecule has 0 aromatic heterocycles. The highest BCUT2D eigenvalue weighted by Gasteiger charge is 2.47. The molecule has 10 nitrogen and oxygen atoms in total. The number of amides is 2. The number of hydrogen-bond acceptors (Lipinski definition) is 7. The van der Waals surface area contributed by atoms with Crippen molar-refractivity contribution in [3.05, 3.63) is 65.0 Å². The predicted octanol–water partition coefficient (Wildman–Crippen LogP) is 2.45. The Balaban J connectivity index is 0.00000276. The second-order valence-electron chi connectivity index (χ2n) is 12.4. The second-order valence-corrected chi connectivity index (χ2v) is 12.4. The lowest BCUT2D eigenvalue weighted by molar-refractivity contribution is -0.138. The third-order valence-electron chi connectivity index (χ3n) is 8.96. The van der Waals surface area contributed by atoms with Crippen molar-refractivity contribution in [3.63, 3.8) is 0 Å². The first-order chi connectivity index (χ1) is 20.5. The van der Waals surface area contributed by atoms with Gasteiger partial charge in [0, 0.05) is 56.5 Å². The lowest BCUT2D eigenvalue weighted by atomic mass is 9.83. The molecule has 5 rings (SSSR count). The monoisotopic (exact) mass is 667 g/mol.